The van der Waals surface area contributed by atoms with E-state index >= 15 is 0 Å². The molecule has 0 fully saturated rings. The van der Waals surface area contributed by atoms with Crippen molar-refractivity contribution in [2.24, 2.45) is 0 Å². The Hall–Kier alpha value is -0.0600. The van der Waals surface area contributed by atoms with Gasteiger partial charge >= 0.3 is 5.97 Å². The Morgan fingerprint density at radius 3 is 2.79 bits per heavy atom. The number of carbonyl (C=O) groups excluding carboxylic acids is 1. The average Bonchev–Trinajstić information content (AvgIpc) is 2.11. The molecule has 0 aromatic rings. The molecule has 0 aromatic carbocycles. The van der Waals surface area contributed by atoms with Gasteiger partial charge in [-0.15, -0.1) is 0 Å². The van der Waals surface area contributed by atoms with E-state index < -0.39 is 0 Å². The molecule has 82 valence electrons. The molecule has 0 aliphatic rings. The van der Waals surface area contributed by atoms with Crippen LogP contribution in [0.15, 0.2) is 12.2 Å². The lowest BCUT2D eigenvalue weighted by Gasteiger charge is -2.00. The molecule has 3 heteroatoms. The minimum absolute atomic E-state index is 0.227. The van der Waals surface area contributed by atoms with Gasteiger partial charge in [0.25, 0.3) is 0 Å². The molecule has 0 saturated heterocycles. The fraction of sp³-hybridized carbons (Fsp3) is 0.727. The summed E-state index contributed by atoms with van der Waals surface area (Å²) < 4.78 is 5.51. The third-order valence-corrected chi connectivity index (χ3v) is 2.39. The highest BCUT2D eigenvalue weighted by atomic mass is 127. The average molecular weight is 310 g/mol. The van der Waals surface area contributed by atoms with Crippen LogP contribution in [0.2, 0.25) is 0 Å². The summed E-state index contributed by atoms with van der Waals surface area (Å²) in [5.41, 5.74) is 0. The van der Waals surface area contributed by atoms with Crippen molar-refractivity contribution in [2.45, 2.75) is 43.5 Å². The zero-order valence-corrected chi connectivity index (χ0v) is 11.1. The first-order valence-electron chi connectivity index (χ1n) is 5.14. The van der Waals surface area contributed by atoms with Crippen molar-refractivity contribution in [3.05, 3.63) is 12.2 Å². The number of esters is 1. The molecule has 0 spiro atoms. The summed E-state index contributed by atoms with van der Waals surface area (Å²) in [7, 11) is 0. The number of halogens is 1. The first-order chi connectivity index (χ1) is 6.66. The van der Waals surface area contributed by atoms with Gasteiger partial charge in [0.05, 0.1) is 6.61 Å². The molecule has 0 aliphatic heterocycles. The van der Waals surface area contributed by atoms with Crippen LogP contribution in [-0.2, 0) is 9.53 Å². The van der Waals surface area contributed by atoms with E-state index in [-0.39, 0.29) is 5.97 Å². The summed E-state index contributed by atoms with van der Waals surface area (Å²) >= 11 is 2.43. The molecule has 1 atom stereocenters. The van der Waals surface area contributed by atoms with E-state index in [1.165, 1.54) is 18.9 Å². The van der Waals surface area contributed by atoms with Crippen LogP contribution in [0.5, 0.6) is 0 Å². The molecule has 1 unspecified atom stereocenters. The SMILES string of the molecule is CCOC(=O)/C=C/CCCCC(C)I. The number of carbonyl (C=O) groups is 1. The number of ether oxygens (including phenoxy) is 1. The van der Waals surface area contributed by atoms with E-state index in [1.807, 2.05) is 13.0 Å². The fourth-order valence-corrected chi connectivity index (χ4v) is 1.50. The van der Waals surface area contributed by atoms with E-state index in [4.69, 9.17) is 4.74 Å². The van der Waals surface area contributed by atoms with Gasteiger partial charge in [0, 0.05) is 10.0 Å². The van der Waals surface area contributed by atoms with Gasteiger partial charge in [-0.05, 0) is 26.2 Å². The smallest absolute Gasteiger partial charge is 0.330 e. The van der Waals surface area contributed by atoms with Gasteiger partial charge in [0.1, 0.15) is 0 Å². The summed E-state index contributed by atoms with van der Waals surface area (Å²) in [6.45, 7) is 4.48. The monoisotopic (exact) mass is 310 g/mol. The van der Waals surface area contributed by atoms with Gasteiger partial charge in [-0.1, -0.05) is 42.0 Å². The number of hydrogen-bond acceptors (Lipinski definition) is 2. The second-order valence-electron chi connectivity index (χ2n) is 3.22. The van der Waals surface area contributed by atoms with Crippen molar-refractivity contribution in [3.63, 3.8) is 0 Å². The molecule has 0 aromatic heterocycles. The second-order valence-corrected chi connectivity index (χ2v) is 5.35. The number of unbranched alkanes of at least 4 members (excludes halogenated alkanes) is 2. The van der Waals surface area contributed by atoms with Crippen molar-refractivity contribution in [2.75, 3.05) is 6.61 Å². The van der Waals surface area contributed by atoms with Crippen molar-refractivity contribution in [1.82, 2.24) is 0 Å². The Kier molecular flexibility index (Phi) is 9.45. The van der Waals surface area contributed by atoms with Crippen LogP contribution in [0.25, 0.3) is 0 Å². The van der Waals surface area contributed by atoms with Crippen LogP contribution in [-0.4, -0.2) is 16.5 Å². The zero-order valence-electron chi connectivity index (χ0n) is 8.96. The predicted molar refractivity (Wildman–Crippen MR) is 67.7 cm³/mol. The third-order valence-electron chi connectivity index (χ3n) is 1.76. The van der Waals surface area contributed by atoms with Gasteiger partial charge in [0.2, 0.25) is 0 Å². The minimum atomic E-state index is -0.227. The van der Waals surface area contributed by atoms with Gasteiger partial charge in [-0.25, -0.2) is 4.79 Å². The predicted octanol–water partition coefficient (Wildman–Crippen LogP) is 3.49. The van der Waals surface area contributed by atoms with Crippen molar-refractivity contribution < 1.29 is 9.53 Å². The summed E-state index contributed by atoms with van der Waals surface area (Å²) in [6, 6.07) is 0. The Morgan fingerprint density at radius 1 is 1.50 bits per heavy atom. The van der Waals surface area contributed by atoms with Crippen LogP contribution >= 0.6 is 22.6 Å². The maximum atomic E-state index is 10.9. The zero-order chi connectivity index (χ0) is 10.8. The van der Waals surface area contributed by atoms with Crippen molar-refractivity contribution in [3.8, 4) is 0 Å². The molecular formula is C11H19IO2. The lowest BCUT2D eigenvalue weighted by Crippen LogP contribution is -1.98. The highest BCUT2D eigenvalue weighted by Crippen LogP contribution is 2.10. The molecule has 0 N–H and O–H groups in total. The maximum Gasteiger partial charge on any atom is 0.330 e. The molecule has 0 radical (unpaired) electrons. The Bertz CT molecular complexity index is 176. The fourth-order valence-electron chi connectivity index (χ4n) is 1.06. The molecule has 0 amide bonds. The van der Waals surface area contributed by atoms with E-state index in [2.05, 4.69) is 29.5 Å². The number of hydrogen-bond donors (Lipinski definition) is 0. The van der Waals surface area contributed by atoms with Crippen molar-refractivity contribution in [1.29, 1.82) is 0 Å². The number of rotatable bonds is 7. The Morgan fingerprint density at radius 2 is 2.21 bits per heavy atom. The van der Waals surface area contributed by atoms with Crippen LogP contribution in [0.1, 0.15) is 39.5 Å². The molecule has 2 nitrogen and oxygen atoms in total. The number of allylic oxidation sites excluding steroid dienone is 1. The van der Waals surface area contributed by atoms with Crippen LogP contribution < -0.4 is 0 Å². The lowest BCUT2D eigenvalue weighted by atomic mass is 10.1. The highest BCUT2D eigenvalue weighted by Gasteiger charge is 1.95. The van der Waals surface area contributed by atoms with Gasteiger partial charge < -0.3 is 4.74 Å². The van der Waals surface area contributed by atoms with E-state index in [9.17, 15) is 4.79 Å². The van der Waals surface area contributed by atoms with Crippen LogP contribution in [0.3, 0.4) is 0 Å². The molecule has 0 bridgehead atoms. The third kappa shape index (κ3) is 10.0. The van der Waals surface area contributed by atoms with Crippen molar-refractivity contribution >= 4 is 28.6 Å². The first kappa shape index (κ1) is 13.9. The Labute approximate surface area is 100 Å². The summed E-state index contributed by atoms with van der Waals surface area (Å²) in [5.74, 6) is -0.227. The van der Waals surface area contributed by atoms with E-state index in [0.717, 1.165) is 16.8 Å². The largest absolute Gasteiger partial charge is 0.463 e. The quantitative estimate of drug-likeness (QED) is 0.237. The standard InChI is InChI=1S/C11H19IO2/c1-3-14-11(13)9-7-5-4-6-8-10(2)12/h7,9-10H,3-6,8H2,1-2H3/b9-7+. The molecule has 0 aliphatic carbocycles. The second kappa shape index (κ2) is 9.49. The van der Waals surface area contributed by atoms with Crippen LogP contribution in [0.4, 0.5) is 0 Å². The minimum Gasteiger partial charge on any atom is -0.463 e. The topological polar surface area (TPSA) is 26.3 Å². The van der Waals surface area contributed by atoms with Gasteiger partial charge in [-0.2, -0.15) is 0 Å². The first-order valence-corrected chi connectivity index (χ1v) is 6.38. The molecular weight excluding hydrogens is 291 g/mol. The summed E-state index contributed by atoms with van der Waals surface area (Å²) in [6.07, 6.45) is 8.04. The molecule has 0 rings (SSSR count). The molecule has 14 heavy (non-hydrogen) atoms. The summed E-state index contributed by atoms with van der Waals surface area (Å²) in [5, 5.41) is 0. The molecule has 0 heterocycles. The maximum absolute atomic E-state index is 10.9. The highest BCUT2D eigenvalue weighted by molar-refractivity contribution is 14.1. The Balaban J connectivity index is 3.30. The number of alkyl halides is 1. The normalized spacial score (nSPS) is 13.1. The lowest BCUT2D eigenvalue weighted by molar-refractivity contribution is -0.137. The molecule has 0 saturated carbocycles. The van der Waals surface area contributed by atoms with Crippen LogP contribution in [0, 0.1) is 0 Å². The summed E-state index contributed by atoms with van der Waals surface area (Å²) in [4.78, 5) is 10.9. The van der Waals surface area contributed by atoms with E-state index in [0.29, 0.717) is 6.61 Å². The van der Waals surface area contributed by atoms with Gasteiger partial charge in [0.15, 0.2) is 0 Å². The van der Waals surface area contributed by atoms with Gasteiger partial charge in [-0.3, -0.25) is 0 Å². The van der Waals surface area contributed by atoms with E-state index in [1.54, 1.807) is 0 Å².